The summed E-state index contributed by atoms with van der Waals surface area (Å²) in [7, 11) is 0. The van der Waals surface area contributed by atoms with Gasteiger partial charge in [0.25, 0.3) is 0 Å². The van der Waals surface area contributed by atoms with Crippen LogP contribution in [0.25, 0.3) is 0 Å². The fourth-order valence-corrected chi connectivity index (χ4v) is 2.25. The normalized spacial score (nSPS) is 10.5. The Hall–Kier alpha value is -1.39. The maximum atomic E-state index is 5.80. The lowest BCUT2D eigenvalue weighted by Crippen LogP contribution is -2.16. The first-order valence-electron chi connectivity index (χ1n) is 5.28. The highest BCUT2D eigenvalue weighted by atomic mass is 32.1. The third kappa shape index (κ3) is 3.05. The number of pyridine rings is 1. The second-order valence-electron chi connectivity index (χ2n) is 3.58. The van der Waals surface area contributed by atoms with E-state index in [4.69, 9.17) is 5.73 Å². The van der Waals surface area contributed by atoms with Gasteiger partial charge in [-0.25, -0.2) is 0 Å². The van der Waals surface area contributed by atoms with Crippen LogP contribution in [-0.4, -0.2) is 11.5 Å². The SMILES string of the molecule is Nc1ccsc1CNCCc1ccncc1. The molecule has 84 valence electrons. The molecule has 0 bridgehead atoms. The Morgan fingerprint density at radius 2 is 2.06 bits per heavy atom. The smallest absolute Gasteiger partial charge is 0.0468 e. The van der Waals surface area contributed by atoms with Gasteiger partial charge in [0.15, 0.2) is 0 Å². The Bertz CT molecular complexity index is 425. The fourth-order valence-electron chi connectivity index (χ4n) is 1.48. The van der Waals surface area contributed by atoms with Gasteiger partial charge in [-0.2, -0.15) is 0 Å². The molecule has 3 nitrogen and oxygen atoms in total. The number of nitrogen functional groups attached to an aromatic ring is 1. The van der Waals surface area contributed by atoms with E-state index in [-0.39, 0.29) is 0 Å². The second kappa shape index (κ2) is 5.63. The standard InChI is InChI=1S/C12H15N3S/c13-11-4-8-16-12(11)9-15-7-3-10-1-5-14-6-2-10/h1-2,4-6,8,15H,3,7,9,13H2. The third-order valence-corrected chi connectivity index (χ3v) is 3.34. The van der Waals surface area contributed by atoms with E-state index in [1.54, 1.807) is 11.3 Å². The molecule has 3 N–H and O–H groups in total. The minimum atomic E-state index is 0.856. The molecule has 0 aliphatic rings. The molecule has 2 rings (SSSR count). The Balaban J connectivity index is 1.72. The third-order valence-electron chi connectivity index (χ3n) is 2.41. The molecular weight excluding hydrogens is 218 g/mol. The average Bonchev–Trinajstić information content (AvgIpc) is 2.72. The highest BCUT2D eigenvalue weighted by molar-refractivity contribution is 7.10. The summed E-state index contributed by atoms with van der Waals surface area (Å²) < 4.78 is 0. The van der Waals surface area contributed by atoms with E-state index in [0.717, 1.165) is 25.2 Å². The van der Waals surface area contributed by atoms with Crippen molar-refractivity contribution in [2.75, 3.05) is 12.3 Å². The van der Waals surface area contributed by atoms with Crippen LogP contribution in [-0.2, 0) is 13.0 Å². The molecule has 0 aromatic carbocycles. The lowest BCUT2D eigenvalue weighted by Gasteiger charge is -2.04. The molecule has 16 heavy (non-hydrogen) atoms. The van der Waals surface area contributed by atoms with Gasteiger partial charge in [-0.05, 0) is 42.1 Å². The number of anilines is 1. The molecule has 2 aromatic rings. The van der Waals surface area contributed by atoms with Crippen molar-refractivity contribution in [3.8, 4) is 0 Å². The second-order valence-corrected chi connectivity index (χ2v) is 4.58. The molecule has 2 aromatic heterocycles. The van der Waals surface area contributed by atoms with Gasteiger partial charge in [0.05, 0.1) is 0 Å². The quantitative estimate of drug-likeness (QED) is 0.777. The number of thiophene rings is 1. The van der Waals surface area contributed by atoms with Crippen molar-refractivity contribution in [2.24, 2.45) is 0 Å². The van der Waals surface area contributed by atoms with Crippen LogP contribution in [0.5, 0.6) is 0 Å². The first-order valence-corrected chi connectivity index (χ1v) is 6.15. The van der Waals surface area contributed by atoms with E-state index >= 15 is 0 Å². The summed E-state index contributed by atoms with van der Waals surface area (Å²) in [5.41, 5.74) is 7.99. The van der Waals surface area contributed by atoms with Crippen molar-refractivity contribution in [3.05, 3.63) is 46.4 Å². The minimum absolute atomic E-state index is 0.856. The van der Waals surface area contributed by atoms with Gasteiger partial charge in [0.1, 0.15) is 0 Å². The van der Waals surface area contributed by atoms with Crippen LogP contribution in [0.4, 0.5) is 5.69 Å². The summed E-state index contributed by atoms with van der Waals surface area (Å²) in [5.74, 6) is 0. The Morgan fingerprint density at radius 3 is 2.75 bits per heavy atom. The predicted molar refractivity (Wildman–Crippen MR) is 68.4 cm³/mol. The van der Waals surface area contributed by atoms with Crippen LogP contribution in [0.3, 0.4) is 0 Å². The predicted octanol–water partition coefficient (Wildman–Crippen LogP) is 2.06. The van der Waals surface area contributed by atoms with Crippen molar-refractivity contribution in [2.45, 2.75) is 13.0 Å². The lowest BCUT2D eigenvalue weighted by molar-refractivity contribution is 0.694. The van der Waals surface area contributed by atoms with Crippen LogP contribution >= 0.6 is 11.3 Å². The highest BCUT2D eigenvalue weighted by Gasteiger charge is 1.99. The summed E-state index contributed by atoms with van der Waals surface area (Å²) in [4.78, 5) is 5.21. The number of nitrogens with one attached hydrogen (secondary N) is 1. The van der Waals surface area contributed by atoms with Crippen LogP contribution in [0.1, 0.15) is 10.4 Å². The van der Waals surface area contributed by atoms with Gasteiger partial charge in [0.2, 0.25) is 0 Å². The van der Waals surface area contributed by atoms with Gasteiger partial charge < -0.3 is 11.1 Å². The largest absolute Gasteiger partial charge is 0.398 e. The zero-order valence-corrected chi connectivity index (χ0v) is 9.83. The minimum Gasteiger partial charge on any atom is -0.398 e. The summed E-state index contributed by atoms with van der Waals surface area (Å²) in [6.45, 7) is 1.82. The van der Waals surface area contributed by atoms with E-state index in [1.807, 2.05) is 36.0 Å². The van der Waals surface area contributed by atoms with Crippen molar-refractivity contribution < 1.29 is 0 Å². The topological polar surface area (TPSA) is 50.9 Å². The number of nitrogens with two attached hydrogens (primary N) is 1. The van der Waals surface area contributed by atoms with E-state index < -0.39 is 0 Å². The molecule has 0 atom stereocenters. The molecule has 4 heteroatoms. The van der Waals surface area contributed by atoms with Crippen LogP contribution in [0, 0.1) is 0 Å². The van der Waals surface area contributed by atoms with Gasteiger partial charge in [0, 0.05) is 29.5 Å². The molecular formula is C12H15N3S. The van der Waals surface area contributed by atoms with Gasteiger partial charge in [-0.3, -0.25) is 4.98 Å². The van der Waals surface area contributed by atoms with Crippen LogP contribution in [0.2, 0.25) is 0 Å². The molecule has 0 unspecified atom stereocenters. The zero-order chi connectivity index (χ0) is 11.2. The van der Waals surface area contributed by atoms with Gasteiger partial charge in [-0.15, -0.1) is 11.3 Å². The Labute approximate surface area is 99.3 Å². The summed E-state index contributed by atoms with van der Waals surface area (Å²) in [6.07, 6.45) is 4.67. The zero-order valence-electron chi connectivity index (χ0n) is 9.02. The van der Waals surface area contributed by atoms with Gasteiger partial charge in [-0.1, -0.05) is 0 Å². The maximum absolute atomic E-state index is 5.80. The van der Waals surface area contributed by atoms with Gasteiger partial charge >= 0.3 is 0 Å². The number of aromatic nitrogens is 1. The average molecular weight is 233 g/mol. The van der Waals surface area contributed by atoms with Crippen LogP contribution < -0.4 is 11.1 Å². The first-order chi connectivity index (χ1) is 7.86. The molecule has 0 radical (unpaired) electrons. The monoisotopic (exact) mass is 233 g/mol. The molecule has 0 spiro atoms. The van der Waals surface area contributed by atoms with E-state index in [9.17, 15) is 0 Å². The fraction of sp³-hybridized carbons (Fsp3) is 0.250. The lowest BCUT2D eigenvalue weighted by atomic mass is 10.2. The molecule has 0 amide bonds. The Morgan fingerprint density at radius 1 is 1.25 bits per heavy atom. The number of rotatable bonds is 5. The molecule has 0 saturated carbocycles. The van der Waals surface area contributed by atoms with E-state index in [0.29, 0.717) is 0 Å². The van der Waals surface area contributed by atoms with Crippen LogP contribution in [0.15, 0.2) is 36.0 Å². The van der Waals surface area contributed by atoms with Crippen molar-refractivity contribution >= 4 is 17.0 Å². The van der Waals surface area contributed by atoms with Crippen molar-refractivity contribution in [3.63, 3.8) is 0 Å². The summed E-state index contributed by atoms with van der Waals surface area (Å²) in [5, 5.41) is 5.41. The molecule has 0 fully saturated rings. The van der Waals surface area contributed by atoms with Crippen molar-refractivity contribution in [1.82, 2.24) is 10.3 Å². The van der Waals surface area contributed by atoms with E-state index in [2.05, 4.69) is 10.3 Å². The molecule has 0 aliphatic carbocycles. The van der Waals surface area contributed by atoms with Crippen molar-refractivity contribution in [1.29, 1.82) is 0 Å². The van der Waals surface area contributed by atoms with E-state index in [1.165, 1.54) is 10.4 Å². The molecule has 0 saturated heterocycles. The summed E-state index contributed by atoms with van der Waals surface area (Å²) in [6, 6.07) is 6.03. The highest BCUT2D eigenvalue weighted by Crippen LogP contribution is 2.17. The summed E-state index contributed by atoms with van der Waals surface area (Å²) >= 11 is 1.70. The Kier molecular flexibility index (Phi) is 3.91. The number of nitrogens with zero attached hydrogens (tertiary/aromatic N) is 1. The number of hydrogen-bond acceptors (Lipinski definition) is 4. The molecule has 0 aliphatic heterocycles. The number of hydrogen-bond donors (Lipinski definition) is 2. The maximum Gasteiger partial charge on any atom is 0.0468 e. The molecule has 2 heterocycles. The first kappa shape index (κ1) is 11.1.